The minimum atomic E-state index is -0.759. The second kappa shape index (κ2) is 7.79. The normalized spacial score (nSPS) is 27.4. The zero-order chi connectivity index (χ0) is 16.9. The molecule has 0 atom stereocenters. The Balaban J connectivity index is 1.88. The van der Waals surface area contributed by atoms with Gasteiger partial charge in [0.1, 0.15) is 12.1 Å². The smallest absolute Gasteiger partial charge is 0.325 e. The van der Waals surface area contributed by atoms with Gasteiger partial charge in [-0.05, 0) is 38.0 Å². The third-order valence-corrected chi connectivity index (χ3v) is 5.19. The van der Waals surface area contributed by atoms with Gasteiger partial charge in [0.25, 0.3) is 5.91 Å². The number of carbonyl (C=O) groups excluding carboxylic acids is 3. The Morgan fingerprint density at radius 3 is 2.57 bits per heavy atom. The first-order chi connectivity index (χ1) is 11.0. The highest BCUT2D eigenvalue weighted by Gasteiger charge is 2.52. The Bertz CT molecular complexity index is 456. The van der Waals surface area contributed by atoms with E-state index in [9.17, 15) is 14.4 Å². The molecule has 1 saturated heterocycles. The lowest BCUT2D eigenvalue weighted by molar-refractivity contribution is -0.136. The molecule has 1 aliphatic carbocycles. The van der Waals surface area contributed by atoms with Gasteiger partial charge in [0.15, 0.2) is 0 Å². The van der Waals surface area contributed by atoms with Crippen molar-refractivity contribution in [3.05, 3.63) is 0 Å². The zero-order valence-corrected chi connectivity index (χ0v) is 14.3. The van der Waals surface area contributed by atoms with Crippen LogP contribution in [0.25, 0.3) is 0 Å². The van der Waals surface area contributed by atoms with Crippen molar-refractivity contribution in [2.45, 2.75) is 70.8 Å². The van der Waals surface area contributed by atoms with Crippen molar-refractivity contribution in [2.75, 3.05) is 13.1 Å². The van der Waals surface area contributed by atoms with Gasteiger partial charge in [0, 0.05) is 6.54 Å². The number of rotatable bonds is 7. The standard InChI is InChI=1S/C17H29N3O3/c1-3-5-6-11-18-14(21)12-20-15(22)17(19-16(20)23)9-7-13(4-2)8-10-17/h13H,3-12H2,1-2H3,(H,18,21)(H,19,23). The molecule has 0 unspecified atom stereocenters. The third kappa shape index (κ3) is 4.03. The molecule has 2 aliphatic rings. The second-order valence-corrected chi connectivity index (χ2v) is 6.81. The molecule has 1 saturated carbocycles. The van der Waals surface area contributed by atoms with Gasteiger partial charge in [0.05, 0.1) is 0 Å². The number of unbranched alkanes of at least 4 members (excludes halogenated alkanes) is 2. The van der Waals surface area contributed by atoms with Crippen LogP contribution in [0.2, 0.25) is 0 Å². The van der Waals surface area contributed by atoms with Crippen LogP contribution in [-0.4, -0.2) is 41.4 Å². The molecule has 0 aromatic heterocycles. The molecular formula is C17H29N3O3. The summed E-state index contributed by atoms with van der Waals surface area (Å²) in [6.45, 7) is 4.68. The van der Waals surface area contributed by atoms with Crippen molar-refractivity contribution in [3.8, 4) is 0 Å². The number of hydrogen-bond donors (Lipinski definition) is 2. The van der Waals surface area contributed by atoms with E-state index < -0.39 is 11.6 Å². The predicted molar refractivity (Wildman–Crippen MR) is 87.8 cm³/mol. The molecule has 6 heteroatoms. The summed E-state index contributed by atoms with van der Waals surface area (Å²) in [7, 11) is 0. The van der Waals surface area contributed by atoms with Crippen molar-refractivity contribution in [2.24, 2.45) is 5.92 Å². The summed E-state index contributed by atoms with van der Waals surface area (Å²) in [5.74, 6) is 0.158. The molecule has 0 radical (unpaired) electrons. The largest absolute Gasteiger partial charge is 0.355 e. The Morgan fingerprint density at radius 1 is 1.26 bits per heavy atom. The van der Waals surface area contributed by atoms with Gasteiger partial charge in [0.2, 0.25) is 5.91 Å². The van der Waals surface area contributed by atoms with Crippen molar-refractivity contribution in [1.29, 1.82) is 0 Å². The SMILES string of the molecule is CCCCCNC(=O)CN1C(=O)NC2(CCC(CC)CC2)C1=O. The average Bonchev–Trinajstić information content (AvgIpc) is 2.77. The maximum atomic E-state index is 12.7. The first-order valence-electron chi connectivity index (χ1n) is 8.93. The number of amides is 4. The lowest BCUT2D eigenvalue weighted by atomic mass is 9.75. The topological polar surface area (TPSA) is 78.5 Å². The maximum absolute atomic E-state index is 12.7. The first kappa shape index (κ1) is 17.8. The molecule has 130 valence electrons. The monoisotopic (exact) mass is 323 g/mol. The number of nitrogens with zero attached hydrogens (tertiary/aromatic N) is 1. The van der Waals surface area contributed by atoms with Crippen LogP contribution in [0, 0.1) is 5.92 Å². The Morgan fingerprint density at radius 2 is 1.96 bits per heavy atom. The highest BCUT2D eigenvalue weighted by Crippen LogP contribution is 2.37. The summed E-state index contributed by atoms with van der Waals surface area (Å²) < 4.78 is 0. The van der Waals surface area contributed by atoms with Gasteiger partial charge >= 0.3 is 6.03 Å². The van der Waals surface area contributed by atoms with E-state index in [4.69, 9.17) is 0 Å². The molecule has 0 aromatic rings. The van der Waals surface area contributed by atoms with Gasteiger partial charge in [-0.3, -0.25) is 14.5 Å². The molecule has 23 heavy (non-hydrogen) atoms. The summed E-state index contributed by atoms with van der Waals surface area (Å²) in [4.78, 5) is 37.8. The minimum Gasteiger partial charge on any atom is -0.355 e. The van der Waals surface area contributed by atoms with Gasteiger partial charge in [-0.2, -0.15) is 0 Å². The Hall–Kier alpha value is -1.59. The minimum absolute atomic E-state index is 0.171. The Kier molecular flexibility index (Phi) is 6.02. The van der Waals surface area contributed by atoms with Crippen LogP contribution in [0.4, 0.5) is 4.79 Å². The van der Waals surface area contributed by atoms with E-state index in [2.05, 4.69) is 24.5 Å². The van der Waals surface area contributed by atoms with Crippen LogP contribution in [0.15, 0.2) is 0 Å². The van der Waals surface area contributed by atoms with Crippen molar-refractivity contribution >= 4 is 17.8 Å². The van der Waals surface area contributed by atoms with Crippen molar-refractivity contribution < 1.29 is 14.4 Å². The van der Waals surface area contributed by atoms with E-state index in [1.165, 1.54) is 0 Å². The van der Waals surface area contributed by atoms with Crippen LogP contribution in [0.3, 0.4) is 0 Å². The number of carbonyl (C=O) groups is 3. The zero-order valence-electron chi connectivity index (χ0n) is 14.3. The lowest BCUT2D eigenvalue weighted by Crippen LogP contribution is -2.50. The summed E-state index contributed by atoms with van der Waals surface area (Å²) in [5.41, 5.74) is -0.759. The van der Waals surface area contributed by atoms with Crippen molar-refractivity contribution in [1.82, 2.24) is 15.5 Å². The summed E-state index contributed by atoms with van der Waals surface area (Å²) in [6, 6.07) is -0.423. The van der Waals surface area contributed by atoms with E-state index in [0.717, 1.165) is 43.4 Å². The summed E-state index contributed by atoms with van der Waals surface area (Å²) in [6.07, 6.45) is 7.47. The van der Waals surface area contributed by atoms with Crippen LogP contribution in [0.5, 0.6) is 0 Å². The molecule has 4 amide bonds. The predicted octanol–water partition coefficient (Wildman–Crippen LogP) is 2.18. The molecular weight excluding hydrogens is 294 g/mol. The van der Waals surface area contributed by atoms with E-state index in [1.807, 2.05) is 0 Å². The summed E-state index contributed by atoms with van der Waals surface area (Å²) in [5, 5.41) is 5.63. The fourth-order valence-electron chi connectivity index (χ4n) is 3.54. The van der Waals surface area contributed by atoms with E-state index in [1.54, 1.807) is 0 Å². The highest BCUT2D eigenvalue weighted by atomic mass is 16.2. The maximum Gasteiger partial charge on any atom is 0.325 e. The van der Waals surface area contributed by atoms with Crippen molar-refractivity contribution in [3.63, 3.8) is 0 Å². The molecule has 0 aromatic carbocycles. The number of nitrogens with one attached hydrogen (secondary N) is 2. The fraction of sp³-hybridized carbons (Fsp3) is 0.824. The number of imide groups is 1. The third-order valence-electron chi connectivity index (χ3n) is 5.19. The number of urea groups is 1. The van der Waals surface area contributed by atoms with Crippen LogP contribution in [-0.2, 0) is 9.59 Å². The van der Waals surface area contributed by atoms with Crippen LogP contribution < -0.4 is 10.6 Å². The lowest BCUT2D eigenvalue weighted by Gasteiger charge is -2.34. The summed E-state index contributed by atoms with van der Waals surface area (Å²) >= 11 is 0. The van der Waals surface area contributed by atoms with Crippen LogP contribution >= 0.6 is 0 Å². The molecule has 2 N–H and O–H groups in total. The average molecular weight is 323 g/mol. The molecule has 1 heterocycles. The van der Waals surface area contributed by atoms with Gasteiger partial charge in [-0.15, -0.1) is 0 Å². The second-order valence-electron chi connectivity index (χ2n) is 6.81. The molecule has 0 bridgehead atoms. The first-order valence-corrected chi connectivity index (χ1v) is 8.93. The van der Waals surface area contributed by atoms with E-state index >= 15 is 0 Å². The Labute approximate surface area is 138 Å². The molecule has 2 fully saturated rings. The van der Waals surface area contributed by atoms with E-state index in [-0.39, 0.29) is 18.4 Å². The quantitative estimate of drug-likeness (QED) is 0.557. The van der Waals surface area contributed by atoms with Gasteiger partial charge in [-0.25, -0.2) is 4.79 Å². The van der Waals surface area contributed by atoms with E-state index in [0.29, 0.717) is 25.3 Å². The molecule has 1 spiro atoms. The molecule has 1 aliphatic heterocycles. The van der Waals surface area contributed by atoms with Gasteiger partial charge in [-0.1, -0.05) is 33.1 Å². The highest BCUT2D eigenvalue weighted by molar-refractivity contribution is 6.09. The van der Waals surface area contributed by atoms with Gasteiger partial charge < -0.3 is 10.6 Å². The fourth-order valence-corrected chi connectivity index (χ4v) is 3.54. The molecule has 6 nitrogen and oxygen atoms in total. The van der Waals surface area contributed by atoms with Crippen LogP contribution in [0.1, 0.15) is 65.2 Å². The molecule has 2 rings (SSSR count). The number of hydrogen-bond acceptors (Lipinski definition) is 3.